The fourth-order valence-electron chi connectivity index (χ4n) is 6.87. The van der Waals surface area contributed by atoms with Gasteiger partial charge in [0.05, 0.1) is 13.2 Å². The molecule has 292 valence electrons. The highest BCUT2D eigenvalue weighted by Crippen LogP contribution is 2.25. The van der Waals surface area contributed by atoms with E-state index in [9.17, 15) is 25.2 Å². The molecule has 0 spiro atoms. The van der Waals surface area contributed by atoms with Crippen LogP contribution < -0.4 is 0 Å². The summed E-state index contributed by atoms with van der Waals surface area (Å²) in [5.74, 6) is 1.35. The molecular formula is C41H80O8. The van der Waals surface area contributed by atoms with E-state index >= 15 is 0 Å². The van der Waals surface area contributed by atoms with Gasteiger partial charge >= 0.3 is 5.97 Å². The van der Waals surface area contributed by atoms with Gasteiger partial charge in [0.2, 0.25) is 0 Å². The zero-order chi connectivity index (χ0) is 36.1. The highest BCUT2D eigenvalue weighted by atomic mass is 16.6. The number of unbranched alkanes of at least 4 members (excludes halogenated alkanes) is 18. The van der Waals surface area contributed by atoms with Crippen LogP contribution in [0.25, 0.3) is 0 Å². The lowest BCUT2D eigenvalue weighted by Gasteiger charge is -2.24. The molecule has 5 unspecified atom stereocenters. The quantitative estimate of drug-likeness (QED) is 0.0388. The number of ether oxygens (including phenoxy) is 3. The lowest BCUT2D eigenvalue weighted by atomic mass is 9.96. The second-order valence-electron chi connectivity index (χ2n) is 15.6. The third-order valence-corrected chi connectivity index (χ3v) is 10.2. The van der Waals surface area contributed by atoms with Crippen LogP contribution in [0.2, 0.25) is 0 Å². The van der Waals surface area contributed by atoms with E-state index in [0.717, 1.165) is 43.9 Å². The monoisotopic (exact) mass is 701 g/mol. The Morgan fingerprint density at radius 1 is 0.551 bits per heavy atom. The molecule has 7 atom stereocenters. The topological polar surface area (TPSA) is 126 Å². The maximum Gasteiger partial charge on any atom is 0.306 e. The first-order valence-corrected chi connectivity index (χ1v) is 20.8. The number of rotatable bonds is 34. The van der Waals surface area contributed by atoms with Gasteiger partial charge in [-0.05, 0) is 24.7 Å². The largest absolute Gasteiger partial charge is 0.457 e. The number of hydrogen-bond acceptors (Lipinski definition) is 8. The van der Waals surface area contributed by atoms with Gasteiger partial charge in [-0.1, -0.05) is 169 Å². The van der Waals surface area contributed by atoms with Gasteiger partial charge in [-0.2, -0.15) is 0 Å². The van der Waals surface area contributed by atoms with Gasteiger partial charge in [-0.3, -0.25) is 4.79 Å². The van der Waals surface area contributed by atoms with Crippen LogP contribution in [0.4, 0.5) is 0 Å². The SMILES string of the molecule is CCCCCCC(C)CCCCCCCCCOC[C@@H](COC1C(O)C(O)[C@@H](O)C1O)OC(=O)CCCCCCCCCCCCC(C)C. The zero-order valence-corrected chi connectivity index (χ0v) is 32.3. The third kappa shape index (κ3) is 24.2. The van der Waals surface area contributed by atoms with Crippen LogP contribution in [0.5, 0.6) is 0 Å². The summed E-state index contributed by atoms with van der Waals surface area (Å²) in [5.41, 5.74) is 0. The van der Waals surface area contributed by atoms with Crippen molar-refractivity contribution in [3.63, 3.8) is 0 Å². The molecule has 8 heteroatoms. The van der Waals surface area contributed by atoms with Gasteiger partial charge in [0.25, 0.3) is 0 Å². The van der Waals surface area contributed by atoms with Crippen LogP contribution >= 0.6 is 0 Å². The van der Waals surface area contributed by atoms with Crippen LogP contribution in [0.15, 0.2) is 0 Å². The molecule has 0 aromatic heterocycles. The van der Waals surface area contributed by atoms with Crippen LogP contribution in [-0.4, -0.2) is 82.8 Å². The summed E-state index contributed by atoms with van der Waals surface area (Å²) in [6.07, 6.45) is 22.6. The Morgan fingerprint density at radius 3 is 1.51 bits per heavy atom. The van der Waals surface area contributed by atoms with E-state index in [1.54, 1.807) is 0 Å². The Labute approximate surface area is 301 Å². The Morgan fingerprint density at radius 2 is 1.00 bits per heavy atom. The fourth-order valence-corrected chi connectivity index (χ4v) is 6.87. The standard InChI is InChI=1S/C41H80O8/c1-5-6-7-22-27-34(4)28-23-18-14-12-16-20-25-30-47-31-35(32-48-41-39(45)37(43)38(44)40(41)46)49-36(42)29-24-19-15-11-9-8-10-13-17-21-26-33(2)3/h33-35,37-41,43-46H,5-32H2,1-4H3/t34?,35-,37+,38?,39?,40?,41?/m0/s1. The number of aliphatic hydroxyl groups is 4. The number of carbonyl (C=O) groups is 1. The average molecular weight is 701 g/mol. The van der Waals surface area contributed by atoms with Crippen molar-refractivity contribution >= 4 is 5.97 Å². The molecule has 49 heavy (non-hydrogen) atoms. The lowest BCUT2D eigenvalue weighted by Crippen LogP contribution is -2.39. The van der Waals surface area contributed by atoms with Crippen molar-refractivity contribution < 1.29 is 39.4 Å². The molecule has 0 aromatic carbocycles. The number of esters is 1. The van der Waals surface area contributed by atoms with E-state index in [1.807, 2.05) is 0 Å². The van der Waals surface area contributed by atoms with Crippen molar-refractivity contribution in [2.24, 2.45) is 11.8 Å². The maximum atomic E-state index is 12.7. The molecule has 1 aliphatic rings. The van der Waals surface area contributed by atoms with Crippen LogP contribution in [0.1, 0.15) is 188 Å². The van der Waals surface area contributed by atoms with Crippen molar-refractivity contribution in [1.29, 1.82) is 0 Å². The third-order valence-electron chi connectivity index (χ3n) is 10.2. The molecule has 8 nitrogen and oxygen atoms in total. The summed E-state index contributed by atoms with van der Waals surface area (Å²) in [5, 5.41) is 40.1. The van der Waals surface area contributed by atoms with Crippen molar-refractivity contribution in [2.75, 3.05) is 19.8 Å². The summed E-state index contributed by atoms with van der Waals surface area (Å²) in [6.45, 7) is 9.87. The molecule has 4 N–H and O–H groups in total. The van der Waals surface area contributed by atoms with Crippen LogP contribution in [-0.2, 0) is 19.0 Å². The fraction of sp³-hybridized carbons (Fsp3) is 0.976. The minimum Gasteiger partial charge on any atom is -0.457 e. The van der Waals surface area contributed by atoms with E-state index in [-0.39, 0.29) is 19.2 Å². The van der Waals surface area contributed by atoms with E-state index in [0.29, 0.717) is 13.0 Å². The molecule has 0 heterocycles. The van der Waals surface area contributed by atoms with Gasteiger partial charge in [-0.15, -0.1) is 0 Å². The van der Waals surface area contributed by atoms with Crippen LogP contribution in [0.3, 0.4) is 0 Å². The number of carbonyl (C=O) groups excluding carboxylic acids is 1. The summed E-state index contributed by atoms with van der Waals surface area (Å²) in [7, 11) is 0. The molecule has 0 saturated heterocycles. The smallest absolute Gasteiger partial charge is 0.306 e. The molecule has 1 fully saturated rings. The average Bonchev–Trinajstić information content (AvgIpc) is 3.25. The molecule has 1 rings (SSSR count). The van der Waals surface area contributed by atoms with Crippen molar-refractivity contribution in [2.45, 2.75) is 225 Å². The minimum absolute atomic E-state index is 0.0984. The summed E-state index contributed by atoms with van der Waals surface area (Å²) in [6, 6.07) is 0. The summed E-state index contributed by atoms with van der Waals surface area (Å²) < 4.78 is 17.2. The van der Waals surface area contributed by atoms with E-state index in [1.165, 1.54) is 122 Å². The second kappa shape index (κ2) is 30.8. The van der Waals surface area contributed by atoms with Crippen molar-refractivity contribution in [3.05, 3.63) is 0 Å². The first-order chi connectivity index (χ1) is 23.7. The van der Waals surface area contributed by atoms with Crippen molar-refractivity contribution in [1.82, 2.24) is 0 Å². The maximum absolute atomic E-state index is 12.7. The Kier molecular flexibility index (Phi) is 29.1. The summed E-state index contributed by atoms with van der Waals surface area (Å²) >= 11 is 0. The van der Waals surface area contributed by atoms with Gasteiger partial charge in [0, 0.05) is 13.0 Å². The predicted octanol–water partition coefficient (Wildman–Crippen LogP) is 8.82. The highest BCUT2D eigenvalue weighted by molar-refractivity contribution is 5.69. The minimum atomic E-state index is -1.49. The first kappa shape index (κ1) is 46.3. The second-order valence-corrected chi connectivity index (χ2v) is 15.6. The molecule has 0 aromatic rings. The van der Waals surface area contributed by atoms with Gasteiger partial charge < -0.3 is 34.6 Å². The Hall–Kier alpha value is -0.770. The van der Waals surface area contributed by atoms with Gasteiger partial charge in [0.15, 0.2) is 0 Å². The highest BCUT2D eigenvalue weighted by Gasteiger charge is 2.49. The Bertz CT molecular complexity index is 735. The normalized spacial score (nSPS) is 22.2. The van der Waals surface area contributed by atoms with E-state index in [2.05, 4.69) is 27.7 Å². The molecule has 0 aliphatic heterocycles. The first-order valence-electron chi connectivity index (χ1n) is 20.8. The molecule has 0 radical (unpaired) electrons. The molecule has 1 saturated carbocycles. The molecule has 0 bridgehead atoms. The lowest BCUT2D eigenvalue weighted by molar-refractivity contribution is -0.163. The van der Waals surface area contributed by atoms with Crippen LogP contribution in [0, 0.1) is 11.8 Å². The molecule has 0 amide bonds. The Balaban J connectivity index is 2.23. The van der Waals surface area contributed by atoms with Gasteiger partial charge in [-0.25, -0.2) is 0 Å². The van der Waals surface area contributed by atoms with Gasteiger partial charge in [0.1, 0.15) is 36.6 Å². The van der Waals surface area contributed by atoms with E-state index in [4.69, 9.17) is 14.2 Å². The number of aliphatic hydroxyl groups excluding tert-OH is 4. The molecule has 1 aliphatic carbocycles. The zero-order valence-electron chi connectivity index (χ0n) is 32.3. The van der Waals surface area contributed by atoms with Crippen molar-refractivity contribution in [3.8, 4) is 0 Å². The molecular weight excluding hydrogens is 620 g/mol. The van der Waals surface area contributed by atoms with E-state index < -0.39 is 36.6 Å². The summed E-state index contributed by atoms with van der Waals surface area (Å²) in [4.78, 5) is 12.7. The number of hydrogen-bond donors (Lipinski definition) is 4. The predicted molar refractivity (Wildman–Crippen MR) is 200 cm³/mol.